The third-order valence-corrected chi connectivity index (χ3v) is 5.28. The molecule has 11 heteroatoms. The minimum Gasteiger partial charge on any atom is -0.454 e. The van der Waals surface area contributed by atoms with Crippen LogP contribution >= 0.6 is 23.2 Å². The lowest BCUT2D eigenvalue weighted by atomic mass is 10.0. The molecular weight excluding hydrogens is 469 g/mol. The van der Waals surface area contributed by atoms with Crippen LogP contribution in [0.5, 0.6) is 5.75 Å². The van der Waals surface area contributed by atoms with Crippen molar-refractivity contribution in [3.05, 3.63) is 71.7 Å². The number of amides is 1. The van der Waals surface area contributed by atoms with Gasteiger partial charge in [0.2, 0.25) is 11.6 Å². The number of nitrogens with one attached hydrogen (secondary N) is 2. The maximum Gasteiger partial charge on any atom is 0.349 e. The van der Waals surface area contributed by atoms with Crippen LogP contribution < -0.4 is 21.3 Å². The molecule has 0 bridgehead atoms. The first kappa shape index (κ1) is 25.9. The molecule has 0 atom stereocenters. The number of nitriles is 1. The van der Waals surface area contributed by atoms with Crippen LogP contribution in [0.1, 0.15) is 39.8 Å². The van der Waals surface area contributed by atoms with Crippen molar-refractivity contribution < 1.29 is 9.53 Å². The lowest BCUT2D eigenvalue weighted by Gasteiger charge is -2.17. The van der Waals surface area contributed by atoms with Gasteiger partial charge in [-0.3, -0.25) is 14.6 Å². The molecule has 0 spiro atoms. The molecule has 0 saturated heterocycles. The number of aromatic nitrogens is 3. The van der Waals surface area contributed by atoms with Gasteiger partial charge in [-0.25, -0.2) is 4.79 Å². The lowest BCUT2D eigenvalue weighted by Crippen LogP contribution is -2.33. The number of nitrogens with zero attached hydrogens (tertiary/aromatic N) is 3. The van der Waals surface area contributed by atoms with E-state index < -0.39 is 16.9 Å². The summed E-state index contributed by atoms with van der Waals surface area (Å²) in [7, 11) is 1.55. The van der Waals surface area contributed by atoms with E-state index in [1.807, 2.05) is 32.7 Å². The average molecular weight is 492 g/mol. The second-order valence-corrected chi connectivity index (χ2v) is 8.12. The molecule has 9 nitrogen and oxygen atoms in total. The largest absolute Gasteiger partial charge is 0.454 e. The summed E-state index contributed by atoms with van der Waals surface area (Å²) in [6.07, 6.45) is 2.29. The monoisotopic (exact) mass is 491 g/mol. The van der Waals surface area contributed by atoms with E-state index >= 15 is 0 Å². The van der Waals surface area contributed by atoms with Crippen LogP contribution in [0.2, 0.25) is 10.0 Å². The fourth-order valence-electron chi connectivity index (χ4n) is 2.72. The highest BCUT2D eigenvalue weighted by molar-refractivity contribution is 6.37. The van der Waals surface area contributed by atoms with Gasteiger partial charge in [0, 0.05) is 12.6 Å². The van der Waals surface area contributed by atoms with Crippen LogP contribution in [0.3, 0.4) is 0 Å². The first-order valence-electron chi connectivity index (χ1n) is 9.98. The number of likely N-dealkylation sites (N-methyl/N-ethyl adjacent to an activating group) is 1. The van der Waals surface area contributed by atoms with Gasteiger partial charge in [0.1, 0.15) is 11.8 Å². The number of ether oxygens (including phenoxy) is 1. The summed E-state index contributed by atoms with van der Waals surface area (Å²) in [4.78, 5) is 38.1. The van der Waals surface area contributed by atoms with E-state index in [4.69, 9.17) is 33.2 Å². The number of allylic oxidation sites excluding steroid dienone is 2. The van der Waals surface area contributed by atoms with E-state index in [0.29, 0.717) is 17.8 Å². The SMILES string of the molecule is CC/C(C)=C(/C=C(\C(=O)NC)C(C)C)Oc1c(Cl)cc(-n2nc(C#N)c(=O)[nH]c2=O)cc1Cl. The van der Waals surface area contributed by atoms with E-state index in [1.54, 1.807) is 19.2 Å². The zero-order valence-corrected chi connectivity index (χ0v) is 20.3. The molecule has 0 aliphatic carbocycles. The zero-order chi connectivity index (χ0) is 24.9. The Labute approximate surface area is 200 Å². The molecule has 0 fully saturated rings. The zero-order valence-electron chi connectivity index (χ0n) is 18.7. The highest BCUT2D eigenvalue weighted by Gasteiger charge is 2.18. The van der Waals surface area contributed by atoms with Crippen molar-refractivity contribution in [1.82, 2.24) is 20.1 Å². The summed E-state index contributed by atoms with van der Waals surface area (Å²) >= 11 is 12.8. The van der Waals surface area contributed by atoms with E-state index in [2.05, 4.69) is 10.4 Å². The molecular formula is C22H23Cl2N5O4. The molecule has 0 aliphatic rings. The first-order chi connectivity index (χ1) is 15.5. The molecule has 1 aromatic carbocycles. The minimum atomic E-state index is -0.899. The Balaban J connectivity index is 2.60. The lowest BCUT2D eigenvalue weighted by molar-refractivity contribution is -0.117. The average Bonchev–Trinajstić information content (AvgIpc) is 2.76. The van der Waals surface area contributed by atoms with Crippen LogP contribution in [0, 0.1) is 17.2 Å². The topological polar surface area (TPSA) is 130 Å². The van der Waals surface area contributed by atoms with Crippen molar-refractivity contribution in [1.29, 1.82) is 5.26 Å². The molecule has 2 N–H and O–H groups in total. The molecule has 0 radical (unpaired) electrons. The van der Waals surface area contributed by atoms with E-state index in [1.165, 1.54) is 12.1 Å². The minimum absolute atomic E-state index is 0.0525. The number of benzene rings is 1. The van der Waals surface area contributed by atoms with Crippen molar-refractivity contribution in [2.45, 2.75) is 34.1 Å². The van der Waals surface area contributed by atoms with E-state index in [0.717, 1.165) is 10.3 Å². The van der Waals surface area contributed by atoms with Gasteiger partial charge in [0.05, 0.1) is 15.7 Å². The Bertz CT molecular complexity index is 1280. The second kappa shape index (κ2) is 11.0. The van der Waals surface area contributed by atoms with Gasteiger partial charge in [-0.15, -0.1) is 5.10 Å². The molecule has 0 unspecified atom stereocenters. The molecule has 33 heavy (non-hydrogen) atoms. The van der Waals surface area contributed by atoms with Crippen LogP contribution in [-0.4, -0.2) is 27.7 Å². The van der Waals surface area contributed by atoms with Crippen LogP contribution in [-0.2, 0) is 4.79 Å². The molecule has 1 amide bonds. The van der Waals surface area contributed by atoms with Crippen molar-refractivity contribution in [3.8, 4) is 17.5 Å². The third kappa shape index (κ3) is 5.92. The maximum atomic E-state index is 12.3. The maximum absolute atomic E-state index is 12.3. The quantitative estimate of drug-likeness (QED) is 0.346. The van der Waals surface area contributed by atoms with Crippen molar-refractivity contribution in [2.75, 3.05) is 7.05 Å². The fraction of sp³-hybridized carbons (Fsp3) is 0.318. The number of carbonyl (C=O) groups excluding carboxylic acids is 1. The molecule has 2 rings (SSSR count). The summed E-state index contributed by atoms with van der Waals surface area (Å²) in [6.45, 7) is 7.57. The van der Waals surface area contributed by atoms with Gasteiger partial charge < -0.3 is 10.1 Å². The van der Waals surface area contributed by atoms with Crippen LogP contribution in [0.25, 0.3) is 5.69 Å². The highest BCUT2D eigenvalue weighted by Crippen LogP contribution is 2.37. The van der Waals surface area contributed by atoms with Gasteiger partial charge in [-0.05, 0) is 43.0 Å². The predicted molar refractivity (Wildman–Crippen MR) is 126 cm³/mol. The summed E-state index contributed by atoms with van der Waals surface area (Å²) in [5, 5.41) is 15.5. The molecule has 0 aliphatic heterocycles. The van der Waals surface area contributed by atoms with Gasteiger partial charge in [-0.1, -0.05) is 44.0 Å². The summed E-state index contributed by atoms with van der Waals surface area (Å²) in [5.41, 5.74) is -0.771. The summed E-state index contributed by atoms with van der Waals surface area (Å²) in [6, 6.07) is 4.33. The van der Waals surface area contributed by atoms with Gasteiger partial charge in [-0.2, -0.15) is 9.94 Å². The van der Waals surface area contributed by atoms with Gasteiger partial charge >= 0.3 is 5.69 Å². The van der Waals surface area contributed by atoms with Crippen molar-refractivity contribution in [2.24, 2.45) is 5.92 Å². The Morgan fingerprint density at radius 3 is 2.42 bits per heavy atom. The Hall–Kier alpha value is -3.35. The Morgan fingerprint density at radius 2 is 1.94 bits per heavy atom. The number of carbonyl (C=O) groups is 1. The first-order valence-corrected chi connectivity index (χ1v) is 10.7. The van der Waals surface area contributed by atoms with E-state index in [9.17, 15) is 14.4 Å². The van der Waals surface area contributed by atoms with Gasteiger partial charge in [0.15, 0.2) is 5.75 Å². The number of hydrogen-bond donors (Lipinski definition) is 2. The molecule has 0 saturated carbocycles. The standard InChI is InChI=1S/C22H23Cl2N5O4/c1-6-12(4)18(9-14(11(2)3)20(30)26-5)33-19-15(23)7-13(8-16(19)24)29-22(32)27-21(31)17(10-25)28-29/h7-9,11H,6H2,1-5H3,(H,26,30)(H,27,31,32)/b14-9-,18-12-. The number of rotatable bonds is 7. The van der Waals surface area contributed by atoms with Crippen LogP contribution in [0.15, 0.2) is 44.7 Å². The fourth-order valence-corrected chi connectivity index (χ4v) is 3.27. The van der Waals surface area contributed by atoms with Crippen LogP contribution in [0.4, 0.5) is 0 Å². The number of H-pyrrole nitrogens is 1. The molecule has 1 aromatic heterocycles. The number of halogens is 2. The third-order valence-electron chi connectivity index (χ3n) is 4.72. The number of aromatic amines is 1. The second-order valence-electron chi connectivity index (χ2n) is 7.30. The van der Waals surface area contributed by atoms with Crippen molar-refractivity contribution >= 4 is 29.1 Å². The Morgan fingerprint density at radius 1 is 1.33 bits per heavy atom. The van der Waals surface area contributed by atoms with E-state index in [-0.39, 0.29) is 33.3 Å². The molecule has 174 valence electrons. The van der Waals surface area contributed by atoms with Crippen molar-refractivity contribution in [3.63, 3.8) is 0 Å². The predicted octanol–water partition coefficient (Wildman–Crippen LogP) is 3.49. The normalized spacial score (nSPS) is 12.3. The molecule has 2 aromatic rings. The highest BCUT2D eigenvalue weighted by atomic mass is 35.5. The molecule has 1 heterocycles. The van der Waals surface area contributed by atoms with Gasteiger partial charge in [0.25, 0.3) is 5.56 Å². The summed E-state index contributed by atoms with van der Waals surface area (Å²) in [5.74, 6) is 0.208. The summed E-state index contributed by atoms with van der Waals surface area (Å²) < 4.78 is 6.83. The number of hydrogen-bond acceptors (Lipinski definition) is 6. The Kier molecular flexibility index (Phi) is 8.63. The smallest absolute Gasteiger partial charge is 0.349 e.